The molecule has 2 aliphatic heterocycles. The van der Waals surface area contributed by atoms with E-state index in [-0.39, 0.29) is 31.8 Å². The van der Waals surface area contributed by atoms with Crippen molar-refractivity contribution < 1.29 is 34.0 Å². The Balaban J connectivity index is 1.15. The smallest absolute Gasteiger partial charge is 0.251 e. The van der Waals surface area contributed by atoms with Gasteiger partial charge in [0.2, 0.25) is 0 Å². The van der Waals surface area contributed by atoms with Gasteiger partial charge >= 0.3 is 0 Å². The van der Waals surface area contributed by atoms with Crippen molar-refractivity contribution in [3.8, 4) is 23.0 Å². The largest absolute Gasteiger partial charge is 0.492 e. The number of hydrogen-bond donors (Lipinski definition) is 3. The van der Waals surface area contributed by atoms with E-state index in [1.165, 1.54) is 0 Å². The van der Waals surface area contributed by atoms with Crippen LogP contribution in [-0.4, -0.2) is 72.7 Å². The maximum Gasteiger partial charge on any atom is 0.251 e. The second kappa shape index (κ2) is 12.2. The number of aliphatic hydroxyl groups is 2. The van der Waals surface area contributed by atoms with Crippen molar-refractivity contribution >= 4 is 5.91 Å². The van der Waals surface area contributed by atoms with Gasteiger partial charge in [-0.1, -0.05) is 30.3 Å². The SMILES string of the molecule is O=C1NCc2cc(OCCN(Cc3ccccc3)C[C@H](O)COc3ccc4c(c3)OC[C@@H](CO)O4)ccc21. The minimum absolute atomic E-state index is 0.0524. The van der Waals surface area contributed by atoms with Crippen molar-refractivity contribution in [1.29, 1.82) is 0 Å². The number of carbonyl (C=O) groups is 1. The van der Waals surface area contributed by atoms with Crippen LogP contribution in [0, 0.1) is 0 Å². The highest BCUT2D eigenvalue weighted by atomic mass is 16.6. The second-order valence-electron chi connectivity index (χ2n) is 9.38. The first kappa shape index (κ1) is 25.8. The third-order valence-electron chi connectivity index (χ3n) is 6.43. The fourth-order valence-electron chi connectivity index (χ4n) is 4.49. The lowest BCUT2D eigenvalue weighted by Gasteiger charge is -2.26. The number of benzene rings is 3. The Bertz CT molecular complexity index is 1240. The average Bonchev–Trinajstić information content (AvgIpc) is 3.31. The van der Waals surface area contributed by atoms with Crippen LogP contribution in [0.4, 0.5) is 0 Å². The number of fused-ring (bicyclic) bond motifs is 2. The highest BCUT2D eigenvalue weighted by Gasteiger charge is 2.22. The van der Waals surface area contributed by atoms with Crippen LogP contribution in [0.5, 0.6) is 23.0 Å². The summed E-state index contributed by atoms with van der Waals surface area (Å²) in [5.74, 6) is 2.34. The van der Waals surface area contributed by atoms with Crippen molar-refractivity contribution in [3.05, 3.63) is 83.4 Å². The average molecular weight is 521 g/mol. The van der Waals surface area contributed by atoms with E-state index in [1.54, 1.807) is 24.3 Å². The molecule has 9 heteroatoms. The Labute approximate surface area is 221 Å². The van der Waals surface area contributed by atoms with Gasteiger partial charge in [-0.2, -0.15) is 0 Å². The monoisotopic (exact) mass is 520 g/mol. The third kappa shape index (κ3) is 6.55. The molecule has 2 aliphatic rings. The number of aliphatic hydroxyl groups excluding tert-OH is 2. The fraction of sp³-hybridized carbons (Fsp3) is 0.345. The molecular formula is C29H32N2O7. The van der Waals surface area contributed by atoms with E-state index in [0.717, 1.165) is 11.1 Å². The van der Waals surface area contributed by atoms with Gasteiger partial charge in [-0.3, -0.25) is 9.69 Å². The predicted molar refractivity (Wildman–Crippen MR) is 140 cm³/mol. The first-order valence-corrected chi connectivity index (χ1v) is 12.7. The molecule has 0 radical (unpaired) electrons. The summed E-state index contributed by atoms with van der Waals surface area (Å²) in [7, 11) is 0. The van der Waals surface area contributed by atoms with Crippen LogP contribution in [0.25, 0.3) is 0 Å². The lowest BCUT2D eigenvalue weighted by Crippen LogP contribution is -2.37. The van der Waals surface area contributed by atoms with Crippen molar-refractivity contribution in [2.24, 2.45) is 0 Å². The van der Waals surface area contributed by atoms with Crippen molar-refractivity contribution in [2.45, 2.75) is 25.3 Å². The summed E-state index contributed by atoms with van der Waals surface area (Å²) in [4.78, 5) is 13.9. The molecule has 0 aliphatic carbocycles. The summed E-state index contributed by atoms with van der Waals surface area (Å²) in [6.45, 7) is 2.85. The van der Waals surface area contributed by atoms with Gasteiger partial charge in [0, 0.05) is 37.8 Å². The molecule has 3 aromatic carbocycles. The minimum atomic E-state index is -0.734. The summed E-state index contributed by atoms with van der Waals surface area (Å²) in [5, 5.41) is 22.8. The topological polar surface area (TPSA) is 110 Å². The molecule has 0 spiro atoms. The molecule has 0 saturated carbocycles. The zero-order valence-corrected chi connectivity index (χ0v) is 21.0. The van der Waals surface area contributed by atoms with Crippen LogP contribution in [0.2, 0.25) is 0 Å². The number of amides is 1. The minimum Gasteiger partial charge on any atom is -0.492 e. The van der Waals surface area contributed by atoms with Gasteiger partial charge in [-0.25, -0.2) is 0 Å². The molecule has 1 amide bonds. The van der Waals surface area contributed by atoms with Gasteiger partial charge < -0.3 is 34.5 Å². The quantitative estimate of drug-likeness (QED) is 0.334. The predicted octanol–water partition coefficient (Wildman–Crippen LogP) is 2.38. The molecule has 3 N–H and O–H groups in total. The summed E-state index contributed by atoms with van der Waals surface area (Å²) in [5.41, 5.74) is 2.77. The number of hydrogen-bond acceptors (Lipinski definition) is 8. The Kier molecular flexibility index (Phi) is 8.28. The van der Waals surface area contributed by atoms with Gasteiger partial charge in [0.15, 0.2) is 17.6 Å². The number of nitrogens with one attached hydrogen (secondary N) is 1. The summed E-state index contributed by atoms with van der Waals surface area (Å²) >= 11 is 0. The molecule has 0 unspecified atom stereocenters. The maximum absolute atomic E-state index is 11.8. The lowest BCUT2D eigenvalue weighted by atomic mass is 10.1. The Morgan fingerprint density at radius 2 is 1.84 bits per heavy atom. The number of rotatable bonds is 12. The van der Waals surface area contributed by atoms with Crippen LogP contribution < -0.4 is 24.3 Å². The van der Waals surface area contributed by atoms with Gasteiger partial charge in [-0.15, -0.1) is 0 Å². The van der Waals surface area contributed by atoms with Gasteiger partial charge in [0.05, 0.1) is 6.61 Å². The first-order chi connectivity index (χ1) is 18.6. The molecule has 0 bridgehead atoms. The normalized spacial score (nSPS) is 16.6. The zero-order chi connectivity index (χ0) is 26.3. The van der Waals surface area contributed by atoms with Crippen LogP contribution >= 0.6 is 0 Å². The van der Waals surface area contributed by atoms with E-state index in [1.807, 2.05) is 30.3 Å². The van der Waals surface area contributed by atoms with Crippen molar-refractivity contribution in [1.82, 2.24) is 10.2 Å². The van der Waals surface area contributed by atoms with Gasteiger partial charge in [-0.05, 0) is 41.5 Å². The van der Waals surface area contributed by atoms with E-state index in [4.69, 9.17) is 18.9 Å². The lowest BCUT2D eigenvalue weighted by molar-refractivity contribution is 0.0444. The third-order valence-corrected chi connectivity index (χ3v) is 6.43. The number of carbonyl (C=O) groups excluding carboxylic acids is 1. The molecule has 0 saturated heterocycles. The van der Waals surface area contributed by atoms with E-state index in [9.17, 15) is 15.0 Å². The highest BCUT2D eigenvalue weighted by molar-refractivity contribution is 5.98. The molecule has 3 aromatic rings. The van der Waals surface area contributed by atoms with Gasteiger partial charge in [0.25, 0.3) is 5.91 Å². The van der Waals surface area contributed by atoms with E-state index >= 15 is 0 Å². The van der Waals surface area contributed by atoms with Gasteiger partial charge in [0.1, 0.15) is 37.4 Å². The molecular weight excluding hydrogens is 488 g/mol. The summed E-state index contributed by atoms with van der Waals surface area (Å²) < 4.78 is 23.1. The Morgan fingerprint density at radius 1 is 1.03 bits per heavy atom. The molecule has 200 valence electrons. The van der Waals surface area contributed by atoms with E-state index in [2.05, 4.69) is 22.3 Å². The first-order valence-electron chi connectivity index (χ1n) is 12.7. The summed E-state index contributed by atoms with van der Waals surface area (Å²) in [6, 6.07) is 20.8. The number of nitrogens with zero attached hydrogens (tertiary/aromatic N) is 1. The second-order valence-corrected chi connectivity index (χ2v) is 9.38. The highest BCUT2D eigenvalue weighted by Crippen LogP contribution is 2.35. The van der Waals surface area contributed by atoms with E-state index < -0.39 is 6.10 Å². The number of ether oxygens (including phenoxy) is 4. The standard InChI is InChI=1S/C29H32N2O7/c32-17-25-19-37-28-13-24(7-9-27(28)38-25)36-18-22(33)16-31(15-20-4-2-1-3-5-20)10-11-35-23-6-8-26-21(12-23)14-30-29(26)34/h1-9,12-13,22,25,32-33H,10-11,14-19H2,(H,30,34)/t22-,25+/m0/s1. The molecule has 5 rings (SSSR count). The Hall–Kier alpha value is -3.79. The van der Waals surface area contributed by atoms with Crippen LogP contribution in [0.15, 0.2) is 66.7 Å². The maximum atomic E-state index is 11.8. The van der Waals surface area contributed by atoms with Crippen LogP contribution in [0.3, 0.4) is 0 Å². The molecule has 0 aromatic heterocycles. The van der Waals surface area contributed by atoms with Crippen molar-refractivity contribution in [2.75, 3.05) is 39.5 Å². The van der Waals surface area contributed by atoms with E-state index in [0.29, 0.717) is 61.3 Å². The van der Waals surface area contributed by atoms with Crippen molar-refractivity contribution in [3.63, 3.8) is 0 Å². The Morgan fingerprint density at radius 3 is 2.68 bits per heavy atom. The molecule has 2 atom stereocenters. The summed E-state index contributed by atoms with van der Waals surface area (Å²) in [6.07, 6.45) is -1.11. The zero-order valence-electron chi connectivity index (χ0n) is 21.0. The van der Waals surface area contributed by atoms with Crippen LogP contribution in [-0.2, 0) is 13.1 Å². The van der Waals surface area contributed by atoms with Crippen LogP contribution in [0.1, 0.15) is 21.5 Å². The molecule has 2 heterocycles. The fourth-order valence-corrected chi connectivity index (χ4v) is 4.49. The molecule has 0 fully saturated rings. The molecule has 38 heavy (non-hydrogen) atoms. The molecule has 9 nitrogen and oxygen atoms in total.